The van der Waals surface area contributed by atoms with Crippen molar-refractivity contribution in [2.45, 2.75) is 11.8 Å². The minimum absolute atomic E-state index is 0.0562. The number of carbonyl (C=O) groups is 1. The van der Waals surface area contributed by atoms with Gasteiger partial charge in [0.1, 0.15) is 11.5 Å². The summed E-state index contributed by atoms with van der Waals surface area (Å²) in [7, 11) is 0. The van der Waals surface area contributed by atoms with Crippen LogP contribution in [0.4, 0.5) is 0 Å². The van der Waals surface area contributed by atoms with Gasteiger partial charge in [0.25, 0.3) is 0 Å². The fourth-order valence-corrected chi connectivity index (χ4v) is 1.18. The fourth-order valence-electron chi connectivity index (χ4n) is 0.878. The fraction of sp³-hybridized carbons (Fsp3) is 0.222. The van der Waals surface area contributed by atoms with Crippen LogP contribution < -0.4 is 0 Å². The summed E-state index contributed by atoms with van der Waals surface area (Å²) in [6.07, 6.45) is 0. The molecule has 2 nitrogen and oxygen atoms in total. The van der Waals surface area contributed by atoms with E-state index >= 15 is 0 Å². The van der Waals surface area contributed by atoms with Crippen molar-refractivity contribution in [3.05, 3.63) is 29.8 Å². The summed E-state index contributed by atoms with van der Waals surface area (Å²) in [5.41, 5.74) is 0.861. The molecule has 3 heteroatoms. The van der Waals surface area contributed by atoms with Crippen molar-refractivity contribution in [2.75, 3.05) is 0 Å². The summed E-state index contributed by atoms with van der Waals surface area (Å²) in [4.78, 5) is 10.7. The normalized spacial score (nSPS) is 12.5. The highest BCUT2D eigenvalue weighted by Gasteiger charge is 2.11. The second-order valence-electron chi connectivity index (χ2n) is 2.56. The van der Waals surface area contributed by atoms with E-state index in [2.05, 4.69) is 15.9 Å². The molecular weight excluding hydrogens is 220 g/mol. The Morgan fingerprint density at radius 2 is 1.92 bits per heavy atom. The predicted octanol–water partition coefficient (Wildman–Crippen LogP) is 2.42. The number of carbonyl (C=O) groups excluding carboxylic acids is 1. The van der Waals surface area contributed by atoms with Gasteiger partial charge in [-0.05, 0) is 24.6 Å². The van der Waals surface area contributed by atoms with E-state index in [9.17, 15) is 4.79 Å². The van der Waals surface area contributed by atoms with Gasteiger partial charge in [0, 0.05) is 0 Å². The highest BCUT2D eigenvalue weighted by Crippen LogP contribution is 2.24. The number of phenols is 1. The summed E-state index contributed by atoms with van der Waals surface area (Å²) >= 11 is 3.24. The van der Waals surface area contributed by atoms with Crippen molar-refractivity contribution >= 4 is 21.7 Å². The number of phenolic OH excluding ortho intramolecular Hbond substituents is 1. The molecular formula is C9H9BrO2. The van der Waals surface area contributed by atoms with Crippen LogP contribution in [0.15, 0.2) is 24.3 Å². The zero-order chi connectivity index (χ0) is 9.14. The summed E-state index contributed by atoms with van der Waals surface area (Å²) in [6.45, 7) is 1.52. The number of hydrogen-bond acceptors (Lipinski definition) is 2. The zero-order valence-corrected chi connectivity index (χ0v) is 8.21. The second-order valence-corrected chi connectivity index (χ2v) is 3.48. The average Bonchev–Trinajstić information content (AvgIpc) is 2.04. The standard InChI is InChI=1S/C9H9BrO2/c1-6(11)9(10)7-2-4-8(12)5-3-7/h2-5,9,12H,1H3/t9-/m0/s1. The molecule has 0 spiro atoms. The predicted molar refractivity (Wildman–Crippen MR) is 50.5 cm³/mol. The Kier molecular flexibility index (Phi) is 2.87. The zero-order valence-electron chi connectivity index (χ0n) is 6.62. The van der Waals surface area contributed by atoms with Gasteiger partial charge in [-0.2, -0.15) is 0 Å². The van der Waals surface area contributed by atoms with Crippen molar-refractivity contribution in [3.63, 3.8) is 0 Å². The molecule has 0 fully saturated rings. The molecule has 0 saturated heterocycles. The Bertz CT molecular complexity index is 279. The first-order valence-corrected chi connectivity index (χ1v) is 4.46. The van der Waals surface area contributed by atoms with Crippen LogP contribution in [0.5, 0.6) is 5.75 Å². The van der Waals surface area contributed by atoms with Crippen molar-refractivity contribution in [2.24, 2.45) is 0 Å². The SMILES string of the molecule is CC(=O)[C@H](Br)c1ccc(O)cc1. The maximum absolute atomic E-state index is 10.9. The monoisotopic (exact) mass is 228 g/mol. The van der Waals surface area contributed by atoms with E-state index in [-0.39, 0.29) is 16.4 Å². The maximum atomic E-state index is 10.9. The molecule has 1 atom stereocenters. The van der Waals surface area contributed by atoms with Crippen molar-refractivity contribution in [3.8, 4) is 5.75 Å². The van der Waals surface area contributed by atoms with Crippen LogP contribution in [0.2, 0.25) is 0 Å². The van der Waals surface area contributed by atoms with Crippen molar-refractivity contribution in [1.29, 1.82) is 0 Å². The molecule has 0 unspecified atom stereocenters. The Morgan fingerprint density at radius 3 is 2.33 bits per heavy atom. The van der Waals surface area contributed by atoms with E-state index < -0.39 is 0 Å². The number of Topliss-reactive ketones (excluding diaryl/α,β-unsaturated/α-hetero) is 1. The molecule has 0 aliphatic rings. The lowest BCUT2D eigenvalue weighted by Gasteiger charge is -2.05. The van der Waals surface area contributed by atoms with Crippen LogP contribution in [0, 0.1) is 0 Å². The number of aromatic hydroxyl groups is 1. The van der Waals surface area contributed by atoms with Gasteiger partial charge in [-0.1, -0.05) is 28.1 Å². The lowest BCUT2D eigenvalue weighted by atomic mass is 10.1. The number of benzene rings is 1. The van der Waals surface area contributed by atoms with Crippen molar-refractivity contribution in [1.82, 2.24) is 0 Å². The Morgan fingerprint density at radius 1 is 1.42 bits per heavy atom. The topological polar surface area (TPSA) is 37.3 Å². The van der Waals surface area contributed by atoms with Gasteiger partial charge >= 0.3 is 0 Å². The number of alkyl halides is 1. The van der Waals surface area contributed by atoms with Crippen LogP contribution in [-0.4, -0.2) is 10.9 Å². The molecule has 0 saturated carbocycles. The molecule has 64 valence electrons. The Balaban J connectivity index is 2.89. The van der Waals surface area contributed by atoms with Crippen LogP contribution >= 0.6 is 15.9 Å². The molecule has 0 amide bonds. The molecule has 0 radical (unpaired) electrons. The summed E-state index contributed by atoms with van der Waals surface area (Å²) in [5, 5.41) is 8.98. The summed E-state index contributed by atoms with van der Waals surface area (Å²) in [5.74, 6) is 0.266. The molecule has 1 N–H and O–H groups in total. The number of ketones is 1. The van der Waals surface area contributed by atoms with Crippen LogP contribution in [-0.2, 0) is 4.79 Å². The molecule has 0 aromatic heterocycles. The highest BCUT2D eigenvalue weighted by molar-refractivity contribution is 9.09. The quantitative estimate of drug-likeness (QED) is 0.790. The second kappa shape index (κ2) is 3.72. The third-order valence-corrected chi connectivity index (χ3v) is 2.72. The minimum atomic E-state index is -0.266. The van der Waals surface area contributed by atoms with Gasteiger partial charge < -0.3 is 5.11 Å². The van der Waals surface area contributed by atoms with E-state index in [1.54, 1.807) is 24.3 Å². The number of rotatable bonds is 2. The molecule has 1 rings (SSSR count). The molecule has 0 aliphatic heterocycles. The van der Waals surface area contributed by atoms with Crippen LogP contribution in [0.3, 0.4) is 0 Å². The first-order valence-electron chi connectivity index (χ1n) is 3.54. The third kappa shape index (κ3) is 2.08. The minimum Gasteiger partial charge on any atom is -0.508 e. The molecule has 0 heterocycles. The Hall–Kier alpha value is -0.830. The van der Waals surface area contributed by atoms with Gasteiger partial charge in [0.2, 0.25) is 0 Å². The molecule has 1 aromatic carbocycles. The van der Waals surface area contributed by atoms with E-state index in [1.807, 2.05) is 0 Å². The molecule has 0 aliphatic carbocycles. The van der Waals surface area contributed by atoms with E-state index in [0.29, 0.717) is 0 Å². The lowest BCUT2D eigenvalue weighted by molar-refractivity contribution is -0.116. The molecule has 0 bridgehead atoms. The highest BCUT2D eigenvalue weighted by atomic mass is 79.9. The van der Waals surface area contributed by atoms with E-state index in [0.717, 1.165) is 5.56 Å². The maximum Gasteiger partial charge on any atom is 0.147 e. The van der Waals surface area contributed by atoms with Gasteiger partial charge in [0.15, 0.2) is 0 Å². The van der Waals surface area contributed by atoms with Gasteiger partial charge in [-0.15, -0.1) is 0 Å². The van der Waals surface area contributed by atoms with Crippen LogP contribution in [0.1, 0.15) is 17.3 Å². The lowest BCUT2D eigenvalue weighted by Crippen LogP contribution is -1.99. The van der Waals surface area contributed by atoms with Gasteiger partial charge in [-0.25, -0.2) is 0 Å². The van der Waals surface area contributed by atoms with Gasteiger partial charge in [-0.3, -0.25) is 4.79 Å². The number of halogens is 1. The Labute approximate surface area is 79.3 Å². The largest absolute Gasteiger partial charge is 0.508 e. The van der Waals surface area contributed by atoms with E-state index in [1.165, 1.54) is 6.92 Å². The van der Waals surface area contributed by atoms with E-state index in [4.69, 9.17) is 5.11 Å². The molecule has 1 aromatic rings. The smallest absolute Gasteiger partial charge is 0.147 e. The van der Waals surface area contributed by atoms with Crippen LogP contribution in [0.25, 0.3) is 0 Å². The van der Waals surface area contributed by atoms with Crippen molar-refractivity contribution < 1.29 is 9.90 Å². The summed E-state index contributed by atoms with van der Waals surface area (Å²) in [6, 6.07) is 6.56. The first kappa shape index (κ1) is 9.26. The van der Waals surface area contributed by atoms with Gasteiger partial charge in [0.05, 0.1) is 4.83 Å². The number of hydrogen-bond donors (Lipinski definition) is 1. The summed E-state index contributed by atoms with van der Waals surface area (Å²) < 4.78 is 0. The first-order chi connectivity index (χ1) is 5.61. The molecule has 12 heavy (non-hydrogen) atoms. The average molecular weight is 229 g/mol. The third-order valence-electron chi connectivity index (χ3n) is 1.54.